The van der Waals surface area contributed by atoms with E-state index in [0.717, 1.165) is 16.3 Å². The second kappa shape index (κ2) is 13.3. The number of benzene rings is 3. The van der Waals surface area contributed by atoms with Crippen LogP contribution in [-0.4, -0.2) is 45.2 Å². The Labute approximate surface area is 267 Å². The van der Waals surface area contributed by atoms with E-state index in [2.05, 4.69) is 46.0 Å². The lowest BCUT2D eigenvalue weighted by molar-refractivity contribution is -0.132. The first-order chi connectivity index (χ1) is 22.0. The minimum Gasteiger partial charge on any atom is -0.507 e. The van der Waals surface area contributed by atoms with E-state index < -0.39 is 17.7 Å². The lowest BCUT2D eigenvalue weighted by Crippen LogP contribution is -2.29. The summed E-state index contributed by atoms with van der Waals surface area (Å²) in [7, 11) is 0. The van der Waals surface area contributed by atoms with Crippen LogP contribution in [0.5, 0.6) is 11.5 Å². The van der Waals surface area contributed by atoms with Crippen LogP contribution in [0.1, 0.15) is 29.7 Å². The molecule has 0 saturated carbocycles. The molecule has 1 N–H and O–H groups in total. The number of aromatic nitrogens is 3. The van der Waals surface area contributed by atoms with Gasteiger partial charge in [-0.05, 0) is 53.1 Å². The molecule has 45 heavy (non-hydrogen) atoms. The summed E-state index contributed by atoms with van der Waals surface area (Å²) in [5.74, 6) is -0.418. The molecule has 0 aliphatic carbocycles. The Hall–Kier alpha value is -5.00. The zero-order valence-electron chi connectivity index (χ0n) is 24.3. The normalized spacial score (nSPS) is 15.8. The molecule has 0 bridgehead atoms. The predicted molar refractivity (Wildman–Crippen MR) is 176 cm³/mol. The molecule has 1 amide bonds. The molecular weight excluding hydrogens is 609 g/mol. The fourth-order valence-electron chi connectivity index (χ4n) is 5.16. The van der Waals surface area contributed by atoms with Gasteiger partial charge >= 0.3 is 5.91 Å². The number of thioether (sulfide) groups is 1. The van der Waals surface area contributed by atoms with Crippen LogP contribution >= 0.6 is 23.1 Å². The van der Waals surface area contributed by atoms with Crippen molar-refractivity contribution in [2.24, 2.45) is 0 Å². The number of hydrogen-bond acceptors (Lipinski definition) is 10. The van der Waals surface area contributed by atoms with Crippen molar-refractivity contribution in [2.45, 2.75) is 23.1 Å². The van der Waals surface area contributed by atoms with E-state index in [1.807, 2.05) is 25.1 Å². The summed E-state index contributed by atoms with van der Waals surface area (Å²) < 4.78 is 12.3. The van der Waals surface area contributed by atoms with Gasteiger partial charge in [0.1, 0.15) is 12.4 Å². The topological polar surface area (TPSA) is 115 Å². The standard InChI is InChI=1S/C34H28N4O5S2/c1-3-18-43-26-13-12-23(19-27(26)42-4-2)29-28(30(39)22-14-16-35-17-15-22)31(40)32(41)38(29)33-36-37-34(45-33)44-20-24-10-7-9-21-8-5-6-11-25(21)24/h3,5-17,19,29,39H,1,4,18,20H2,2H3/b30-28+. The van der Waals surface area contributed by atoms with Gasteiger partial charge in [-0.1, -0.05) is 84.3 Å². The highest BCUT2D eigenvalue weighted by Gasteiger charge is 2.48. The molecule has 11 heteroatoms. The van der Waals surface area contributed by atoms with Crippen molar-refractivity contribution in [1.82, 2.24) is 15.2 Å². The second-order valence-corrected chi connectivity index (χ2v) is 12.1. The third kappa shape index (κ3) is 6.04. The molecule has 1 fully saturated rings. The second-order valence-electron chi connectivity index (χ2n) is 9.92. The van der Waals surface area contributed by atoms with Crippen LogP contribution in [-0.2, 0) is 15.3 Å². The van der Waals surface area contributed by atoms with Crippen LogP contribution in [0.15, 0.2) is 108 Å². The number of aliphatic hydroxyl groups excluding tert-OH is 1. The van der Waals surface area contributed by atoms with Gasteiger partial charge in [-0.2, -0.15) is 0 Å². The molecule has 226 valence electrons. The minimum absolute atomic E-state index is 0.0754. The first kappa shape index (κ1) is 30.0. The van der Waals surface area contributed by atoms with Gasteiger partial charge in [0.15, 0.2) is 15.8 Å². The van der Waals surface area contributed by atoms with Gasteiger partial charge in [0.2, 0.25) is 5.13 Å². The number of nitrogens with zero attached hydrogens (tertiary/aromatic N) is 4. The quantitative estimate of drug-likeness (QED) is 0.0410. The Bertz CT molecular complexity index is 1920. The molecule has 3 aromatic carbocycles. The molecule has 1 aliphatic heterocycles. The summed E-state index contributed by atoms with van der Waals surface area (Å²) in [5, 5.41) is 22.6. The van der Waals surface area contributed by atoms with Crippen molar-refractivity contribution in [3.05, 3.63) is 120 Å². The van der Waals surface area contributed by atoms with Crippen molar-refractivity contribution in [2.75, 3.05) is 18.1 Å². The van der Waals surface area contributed by atoms with Crippen molar-refractivity contribution in [1.29, 1.82) is 0 Å². The van der Waals surface area contributed by atoms with E-state index in [1.165, 1.54) is 40.4 Å². The number of hydrogen-bond donors (Lipinski definition) is 1. The Morgan fingerprint density at radius 1 is 1.02 bits per heavy atom. The van der Waals surface area contributed by atoms with Gasteiger partial charge in [0.05, 0.1) is 18.2 Å². The Kier molecular flexibility index (Phi) is 8.90. The van der Waals surface area contributed by atoms with E-state index >= 15 is 0 Å². The minimum atomic E-state index is -1.00. The van der Waals surface area contributed by atoms with Crippen LogP contribution < -0.4 is 14.4 Å². The molecule has 6 rings (SSSR count). The summed E-state index contributed by atoms with van der Waals surface area (Å²) >= 11 is 2.71. The van der Waals surface area contributed by atoms with Crippen LogP contribution in [0, 0.1) is 0 Å². The molecule has 9 nitrogen and oxygen atoms in total. The van der Waals surface area contributed by atoms with E-state index in [4.69, 9.17) is 9.47 Å². The number of rotatable bonds is 11. The number of ketones is 1. The molecule has 0 spiro atoms. The highest BCUT2D eigenvalue weighted by Crippen LogP contribution is 2.45. The van der Waals surface area contributed by atoms with Gasteiger partial charge in [0, 0.05) is 23.7 Å². The number of pyridine rings is 1. The molecule has 1 aliphatic rings. The van der Waals surface area contributed by atoms with Crippen LogP contribution in [0.3, 0.4) is 0 Å². The summed E-state index contributed by atoms with van der Waals surface area (Å²) in [5.41, 5.74) is 1.95. The highest BCUT2D eigenvalue weighted by atomic mass is 32.2. The average Bonchev–Trinajstić information content (AvgIpc) is 3.64. The third-order valence-corrected chi connectivity index (χ3v) is 9.28. The van der Waals surface area contributed by atoms with Crippen molar-refractivity contribution in [3.8, 4) is 11.5 Å². The zero-order valence-corrected chi connectivity index (χ0v) is 25.9. The number of amides is 1. The van der Waals surface area contributed by atoms with E-state index in [0.29, 0.717) is 39.3 Å². The molecule has 1 unspecified atom stereocenters. The molecule has 1 atom stereocenters. The van der Waals surface area contributed by atoms with Gasteiger partial charge in [-0.3, -0.25) is 19.5 Å². The monoisotopic (exact) mass is 636 g/mol. The first-order valence-corrected chi connectivity index (χ1v) is 15.9. The average molecular weight is 637 g/mol. The lowest BCUT2D eigenvalue weighted by atomic mass is 9.95. The van der Waals surface area contributed by atoms with Crippen molar-refractivity contribution >= 4 is 56.5 Å². The maximum Gasteiger partial charge on any atom is 0.301 e. The third-order valence-electron chi connectivity index (χ3n) is 7.17. The largest absolute Gasteiger partial charge is 0.507 e. The molecule has 3 heterocycles. The van der Waals surface area contributed by atoms with Gasteiger partial charge in [-0.15, -0.1) is 10.2 Å². The number of anilines is 1. The summed E-state index contributed by atoms with van der Waals surface area (Å²) in [6.45, 7) is 6.17. The van der Waals surface area contributed by atoms with Crippen LogP contribution in [0.2, 0.25) is 0 Å². The van der Waals surface area contributed by atoms with Gasteiger partial charge < -0.3 is 14.6 Å². The molecule has 5 aromatic rings. The molecule has 0 radical (unpaired) electrons. The first-order valence-electron chi connectivity index (χ1n) is 14.1. The Morgan fingerprint density at radius 3 is 2.62 bits per heavy atom. The predicted octanol–water partition coefficient (Wildman–Crippen LogP) is 6.97. The van der Waals surface area contributed by atoms with E-state index in [9.17, 15) is 14.7 Å². The fraction of sp³-hybridized carbons (Fsp3) is 0.147. The number of carbonyl (C=O) groups excluding carboxylic acids is 2. The smallest absolute Gasteiger partial charge is 0.301 e. The fourth-order valence-corrected chi connectivity index (χ4v) is 7.03. The summed E-state index contributed by atoms with van der Waals surface area (Å²) in [6, 6.07) is 21.7. The molecule has 1 saturated heterocycles. The number of aliphatic hydroxyl groups is 1. The number of carbonyl (C=O) groups is 2. The maximum atomic E-state index is 13.7. The van der Waals surface area contributed by atoms with E-state index in [1.54, 1.807) is 36.4 Å². The summed E-state index contributed by atoms with van der Waals surface area (Å²) in [6.07, 6.45) is 4.63. The summed E-state index contributed by atoms with van der Waals surface area (Å²) in [4.78, 5) is 32.6. The Balaban J connectivity index is 1.39. The highest BCUT2D eigenvalue weighted by molar-refractivity contribution is 8.00. The van der Waals surface area contributed by atoms with Crippen molar-refractivity contribution < 1.29 is 24.2 Å². The molecule has 2 aromatic heterocycles. The molecular formula is C34H28N4O5S2. The Morgan fingerprint density at radius 2 is 1.82 bits per heavy atom. The van der Waals surface area contributed by atoms with Crippen molar-refractivity contribution in [3.63, 3.8) is 0 Å². The number of ether oxygens (including phenoxy) is 2. The zero-order chi connectivity index (χ0) is 31.3. The number of Topliss-reactive ketones (excluding diaryl/α,β-unsaturated/α-hetero) is 1. The lowest BCUT2D eigenvalue weighted by Gasteiger charge is -2.23. The van der Waals surface area contributed by atoms with Gasteiger partial charge in [0.25, 0.3) is 5.78 Å². The van der Waals surface area contributed by atoms with E-state index in [-0.39, 0.29) is 23.1 Å². The van der Waals surface area contributed by atoms with Crippen LogP contribution in [0.4, 0.5) is 5.13 Å². The van der Waals surface area contributed by atoms with Crippen LogP contribution in [0.25, 0.3) is 16.5 Å². The van der Waals surface area contributed by atoms with Gasteiger partial charge in [-0.25, -0.2) is 0 Å². The SMILES string of the molecule is C=CCOc1ccc(C2/C(=C(\O)c3ccncc3)C(=O)C(=O)N2c2nnc(SCc3cccc4ccccc34)s2)cc1OCC. The maximum absolute atomic E-state index is 13.7. The number of fused-ring (bicyclic) bond motifs is 1.